The number of hydrogen-bond acceptors (Lipinski definition) is 2. The first-order chi connectivity index (χ1) is 7.31. The molecule has 0 unspecified atom stereocenters. The highest BCUT2D eigenvalue weighted by molar-refractivity contribution is 6.33. The molecule has 4 heteroatoms. The molecule has 2 aromatic rings. The second kappa shape index (κ2) is 4.28. The maximum atomic E-state index is 10.3. The summed E-state index contributed by atoms with van der Waals surface area (Å²) in [6, 6.07) is 7.54. The van der Waals surface area contributed by atoms with Crippen LogP contribution < -0.4 is 0 Å². The van der Waals surface area contributed by atoms with Gasteiger partial charge in [0.1, 0.15) is 6.29 Å². The molecule has 0 aliphatic heterocycles. The third kappa shape index (κ3) is 2.07. The first-order valence-electron chi connectivity index (χ1n) is 4.52. The molecular formula is C11H9ClN2O. The Morgan fingerprint density at radius 3 is 2.93 bits per heavy atom. The normalized spacial score (nSPS) is 10.2. The summed E-state index contributed by atoms with van der Waals surface area (Å²) < 4.78 is 1.58. The zero-order valence-corrected chi connectivity index (χ0v) is 8.69. The van der Waals surface area contributed by atoms with Crippen LogP contribution in [0.4, 0.5) is 0 Å². The fourth-order valence-corrected chi connectivity index (χ4v) is 1.62. The largest absolute Gasteiger partial charge is 0.301 e. The average Bonchev–Trinajstić information content (AvgIpc) is 2.68. The molecule has 0 atom stereocenters. The number of carbonyl (C=O) groups excluding carboxylic acids is 1. The molecule has 76 valence electrons. The van der Waals surface area contributed by atoms with Crippen molar-refractivity contribution < 1.29 is 4.79 Å². The van der Waals surface area contributed by atoms with Crippen LogP contribution in [0, 0.1) is 0 Å². The van der Waals surface area contributed by atoms with Gasteiger partial charge in [-0.15, -0.1) is 0 Å². The minimum absolute atomic E-state index is 0.268. The molecule has 1 heterocycles. The van der Waals surface area contributed by atoms with E-state index in [-0.39, 0.29) is 6.54 Å². The summed E-state index contributed by atoms with van der Waals surface area (Å²) in [6.45, 7) is 0.268. The van der Waals surface area contributed by atoms with Crippen molar-refractivity contribution in [1.29, 1.82) is 0 Å². The van der Waals surface area contributed by atoms with Gasteiger partial charge in [-0.2, -0.15) is 5.10 Å². The Bertz CT molecular complexity index is 479. The summed E-state index contributed by atoms with van der Waals surface area (Å²) in [4.78, 5) is 10.3. The smallest absolute Gasteiger partial charge is 0.141 e. The Kier molecular flexibility index (Phi) is 2.83. The number of halogens is 1. The van der Waals surface area contributed by atoms with Crippen LogP contribution >= 0.6 is 11.6 Å². The molecule has 1 aromatic carbocycles. The van der Waals surface area contributed by atoms with E-state index in [4.69, 9.17) is 11.6 Å². The molecule has 2 rings (SSSR count). The lowest BCUT2D eigenvalue weighted by Gasteiger charge is -1.98. The summed E-state index contributed by atoms with van der Waals surface area (Å²) in [6.07, 6.45) is 4.31. The second-order valence-corrected chi connectivity index (χ2v) is 3.50. The third-order valence-electron chi connectivity index (χ3n) is 2.08. The number of aromatic nitrogens is 2. The van der Waals surface area contributed by atoms with Crippen LogP contribution in [0.25, 0.3) is 11.1 Å². The SMILES string of the molecule is O=CCn1cc(-c2ccccc2Cl)cn1. The molecule has 0 spiro atoms. The van der Waals surface area contributed by atoms with Crippen molar-refractivity contribution in [3.63, 3.8) is 0 Å². The molecule has 3 nitrogen and oxygen atoms in total. The van der Waals surface area contributed by atoms with Crippen molar-refractivity contribution in [2.75, 3.05) is 0 Å². The van der Waals surface area contributed by atoms with E-state index >= 15 is 0 Å². The molecule has 15 heavy (non-hydrogen) atoms. The first-order valence-corrected chi connectivity index (χ1v) is 4.90. The average molecular weight is 221 g/mol. The Labute approximate surface area is 92.3 Å². The molecule has 1 aromatic heterocycles. The molecule has 0 radical (unpaired) electrons. The summed E-state index contributed by atoms with van der Waals surface area (Å²) in [5, 5.41) is 4.73. The van der Waals surface area contributed by atoms with E-state index in [1.54, 1.807) is 17.1 Å². The number of nitrogens with zero attached hydrogens (tertiary/aromatic N) is 2. The van der Waals surface area contributed by atoms with Crippen molar-refractivity contribution in [3.8, 4) is 11.1 Å². The molecule has 0 aliphatic carbocycles. The standard InChI is InChI=1S/C11H9ClN2O/c12-11-4-2-1-3-10(11)9-7-13-14(8-9)5-6-15/h1-4,6-8H,5H2. The van der Waals surface area contributed by atoms with E-state index in [0.717, 1.165) is 17.4 Å². The van der Waals surface area contributed by atoms with Crippen molar-refractivity contribution in [1.82, 2.24) is 9.78 Å². The Morgan fingerprint density at radius 1 is 1.40 bits per heavy atom. The fraction of sp³-hybridized carbons (Fsp3) is 0.0909. The lowest BCUT2D eigenvalue weighted by Crippen LogP contribution is -1.97. The van der Waals surface area contributed by atoms with Crippen LogP contribution in [0.15, 0.2) is 36.7 Å². The fourth-order valence-electron chi connectivity index (χ4n) is 1.37. The van der Waals surface area contributed by atoms with Gasteiger partial charge in [0.05, 0.1) is 12.7 Å². The van der Waals surface area contributed by atoms with E-state index in [1.807, 2.05) is 24.3 Å². The van der Waals surface area contributed by atoms with Gasteiger partial charge in [-0.1, -0.05) is 29.8 Å². The summed E-state index contributed by atoms with van der Waals surface area (Å²) in [5.74, 6) is 0. The van der Waals surface area contributed by atoms with Crippen molar-refractivity contribution in [2.45, 2.75) is 6.54 Å². The number of carbonyl (C=O) groups is 1. The molecule has 0 amide bonds. The van der Waals surface area contributed by atoms with Gasteiger partial charge in [-0.25, -0.2) is 0 Å². The maximum absolute atomic E-state index is 10.3. The number of hydrogen-bond donors (Lipinski definition) is 0. The minimum atomic E-state index is 0.268. The summed E-state index contributed by atoms with van der Waals surface area (Å²) in [5.41, 5.74) is 1.85. The zero-order chi connectivity index (χ0) is 10.7. The van der Waals surface area contributed by atoms with Gasteiger partial charge >= 0.3 is 0 Å². The lowest BCUT2D eigenvalue weighted by molar-refractivity contribution is -0.108. The van der Waals surface area contributed by atoms with Gasteiger partial charge in [0, 0.05) is 22.3 Å². The van der Waals surface area contributed by atoms with Crippen LogP contribution in [0.2, 0.25) is 5.02 Å². The van der Waals surface area contributed by atoms with Gasteiger partial charge in [0.25, 0.3) is 0 Å². The summed E-state index contributed by atoms with van der Waals surface area (Å²) in [7, 11) is 0. The third-order valence-corrected chi connectivity index (χ3v) is 2.41. The first kappa shape index (κ1) is 9.93. The van der Waals surface area contributed by atoms with Crippen LogP contribution in [0.5, 0.6) is 0 Å². The Morgan fingerprint density at radius 2 is 2.20 bits per heavy atom. The predicted octanol–water partition coefficient (Wildman–Crippen LogP) is 2.40. The van der Waals surface area contributed by atoms with E-state index in [1.165, 1.54) is 0 Å². The molecular weight excluding hydrogens is 212 g/mol. The van der Waals surface area contributed by atoms with Crippen LogP contribution in [0.1, 0.15) is 0 Å². The number of benzene rings is 1. The van der Waals surface area contributed by atoms with E-state index in [2.05, 4.69) is 5.10 Å². The minimum Gasteiger partial charge on any atom is -0.301 e. The van der Waals surface area contributed by atoms with Crippen LogP contribution in [-0.2, 0) is 11.3 Å². The van der Waals surface area contributed by atoms with E-state index < -0.39 is 0 Å². The lowest BCUT2D eigenvalue weighted by atomic mass is 10.1. The monoisotopic (exact) mass is 220 g/mol. The van der Waals surface area contributed by atoms with Gasteiger partial charge in [-0.3, -0.25) is 4.68 Å². The molecule has 0 bridgehead atoms. The van der Waals surface area contributed by atoms with Gasteiger partial charge in [0.15, 0.2) is 0 Å². The highest BCUT2D eigenvalue weighted by atomic mass is 35.5. The highest BCUT2D eigenvalue weighted by Gasteiger charge is 2.04. The van der Waals surface area contributed by atoms with Crippen molar-refractivity contribution in [2.24, 2.45) is 0 Å². The maximum Gasteiger partial charge on any atom is 0.141 e. The van der Waals surface area contributed by atoms with E-state index in [9.17, 15) is 4.79 Å². The zero-order valence-electron chi connectivity index (χ0n) is 7.93. The van der Waals surface area contributed by atoms with Crippen LogP contribution in [0.3, 0.4) is 0 Å². The number of aldehydes is 1. The highest BCUT2D eigenvalue weighted by Crippen LogP contribution is 2.26. The Hall–Kier alpha value is -1.61. The molecule has 0 aliphatic rings. The van der Waals surface area contributed by atoms with Gasteiger partial charge < -0.3 is 4.79 Å². The molecule has 0 fully saturated rings. The molecule has 0 N–H and O–H groups in total. The summed E-state index contributed by atoms with van der Waals surface area (Å²) >= 11 is 6.04. The van der Waals surface area contributed by atoms with Crippen molar-refractivity contribution in [3.05, 3.63) is 41.7 Å². The second-order valence-electron chi connectivity index (χ2n) is 3.10. The molecule has 0 saturated carbocycles. The quantitative estimate of drug-likeness (QED) is 0.745. The molecule has 0 saturated heterocycles. The van der Waals surface area contributed by atoms with Crippen molar-refractivity contribution >= 4 is 17.9 Å². The number of rotatable bonds is 3. The van der Waals surface area contributed by atoms with Gasteiger partial charge in [0.2, 0.25) is 0 Å². The topological polar surface area (TPSA) is 34.9 Å². The predicted molar refractivity (Wildman–Crippen MR) is 58.7 cm³/mol. The Balaban J connectivity index is 2.37. The van der Waals surface area contributed by atoms with E-state index in [0.29, 0.717) is 5.02 Å². The van der Waals surface area contributed by atoms with Crippen LogP contribution in [-0.4, -0.2) is 16.1 Å². The van der Waals surface area contributed by atoms with Gasteiger partial charge in [-0.05, 0) is 6.07 Å².